The number of carbonyl (C=O) groups is 2. The Labute approximate surface area is 125 Å². The summed E-state index contributed by atoms with van der Waals surface area (Å²) in [5.74, 6) is -0.378. The fourth-order valence-electron chi connectivity index (χ4n) is 2.44. The van der Waals surface area contributed by atoms with Crippen LogP contribution in [0.1, 0.15) is 39.3 Å². The second-order valence-corrected chi connectivity index (χ2v) is 6.28. The van der Waals surface area contributed by atoms with E-state index in [9.17, 15) is 9.59 Å². The van der Waals surface area contributed by atoms with Gasteiger partial charge in [0.2, 0.25) is 5.91 Å². The monoisotopic (exact) mass is 290 g/mol. The molecule has 1 aliphatic rings. The topological polar surface area (TPSA) is 59.5 Å². The van der Waals surface area contributed by atoms with Gasteiger partial charge in [-0.25, -0.2) is 4.79 Å². The molecule has 0 saturated carbocycles. The Balaban J connectivity index is 2.01. The molecule has 0 aromatic carbocycles. The van der Waals surface area contributed by atoms with Crippen molar-refractivity contribution in [1.82, 2.24) is 9.88 Å². The lowest BCUT2D eigenvalue weighted by molar-refractivity contribution is -0.163. The van der Waals surface area contributed by atoms with Gasteiger partial charge < -0.3 is 9.64 Å². The fraction of sp³-hybridized carbons (Fsp3) is 0.562. The van der Waals surface area contributed by atoms with Crippen LogP contribution in [-0.2, 0) is 20.7 Å². The molecule has 0 radical (unpaired) electrons. The van der Waals surface area contributed by atoms with Gasteiger partial charge in [0, 0.05) is 18.4 Å². The summed E-state index contributed by atoms with van der Waals surface area (Å²) in [6, 6.07) is 5.02. The molecule has 21 heavy (non-hydrogen) atoms. The van der Waals surface area contributed by atoms with Crippen LogP contribution in [0.2, 0.25) is 0 Å². The van der Waals surface area contributed by atoms with Crippen molar-refractivity contribution in [3.05, 3.63) is 30.1 Å². The molecule has 1 atom stereocenters. The van der Waals surface area contributed by atoms with Crippen molar-refractivity contribution in [2.75, 3.05) is 6.54 Å². The maximum Gasteiger partial charge on any atom is 0.329 e. The highest BCUT2D eigenvalue weighted by Crippen LogP contribution is 2.22. The van der Waals surface area contributed by atoms with E-state index in [1.807, 2.05) is 39.0 Å². The van der Waals surface area contributed by atoms with Gasteiger partial charge in [0.1, 0.15) is 11.6 Å². The summed E-state index contributed by atoms with van der Waals surface area (Å²) in [5, 5.41) is 0. The van der Waals surface area contributed by atoms with E-state index in [4.69, 9.17) is 4.74 Å². The van der Waals surface area contributed by atoms with Crippen molar-refractivity contribution in [2.45, 2.75) is 51.7 Å². The Hall–Kier alpha value is -1.91. The maximum atomic E-state index is 12.4. The summed E-state index contributed by atoms with van der Waals surface area (Å²) >= 11 is 0. The van der Waals surface area contributed by atoms with E-state index in [0.717, 1.165) is 12.1 Å². The second-order valence-electron chi connectivity index (χ2n) is 6.28. The molecule has 5 nitrogen and oxygen atoms in total. The average molecular weight is 290 g/mol. The predicted octanol–water partition coefficient (Wildman–Crippen LogP) is 1.96. The van der Waals surface area contributed by atoms with Crippen LogP contribution in [0.15, 0.2) is 24.4 Å². The van der Waals surface area contributed by atoms with Gasteiger partial charge in [0.15, 0.2) is 0 Å². The van der Waals surface area contributed by atoms with Crippen molar-refractivity contribution < 1.29 is 14.3 Å². The van der Waals surface area contributed by atoms with Crippen LogP contribution in [0.5, 0.6) is 0 Å². The number of pyridine rings is 1. The van der Waals surface area contributed by atoms with E-state index in [0.29, 0.717) is 13.0 Å². The van der Waals surface area contributed by atoms with Crippen LogP contribution in [-0.4, -0.2) is 39.9 Å². The van der Waals surface area contributed by atoms with Gasteiger partial charge in [-0.1, -0.05) is 6.07 Å². The maximum absolute atomic E-state index is 12.4. The minimum absolute atomic E-state index is 0.0675. The fourth-order valence-corrected chi connectivity index (χ4v) is 2.44. The summed E-state index contributed by atoms with van der Waals surface area (Å²) in [6.07, 6.45) is 3.39. The van der Waals surface area contributed by atoms with Crippen molar-refractivity contribution in [3.63, 3.8) is 0 Å². The Bertz CT molecular complexity index is 508. The molecule has 1 aromatic heterocycles. The zero-order valence-corrected chi connectivity index (χ0v) is 12.8. The second kappa shape index (κ2) is 6.24. The van der Waals surface area contributed by atoms with Crippen LogP contribution < -0.4 is 0 Å². The standard InChI is InChI=1S/C16H22N2O3/c1-16(2,3)21-15(20)13-8-6-10-18(13)14(19)11-12-7-4-5-9-17-12/h4-5,7,9,13H,6,8,10-11H2,1-3H3/t13-/m1/s1. The van der Waals surface area contributed by atoms with Gasteiger partial charge in [-0.05, 0) is 45.7 Å². The highest BCUT2D eigenvalue weighted by atomic mass is 16.6. The Kier molecular flexibility index (Phi) is 4.60. The minimum atomic E-state index is -0.532. The molecule has 0 unspecified atom stereocenters. The smallest absolute Gasteiger partial charge is 0.329 e. The number of amides is 1. The number of esters is 1. The molecule has 0 N–H and O–H groups in total. The first-order chi connectivity index (χ1) is 9.87. The molecule has 1 amide bonds. The van der Waals surface area contributed by atoms with E-state index in [-0.39, 0.29) is 18.3 Å². The number of nitrogens with zero attached hydrogens (tertiary/aromatic N) is 2. The van der Waals surface area contributed by atoms with Crippen LogP contribution in [0, 0.1) is 0 Å². The Morgan fingerprint density at radius 3 is 2.76 bits per heavy atom. The molecule has 2 heterocycles. The van der Waals surface area contributed by atoms with Gasteiger partial charge >= 0.3 is 5.97 Å². The van der Waals surface area contributed by atoms with Crippen LogP contribution >= 0.6 is 0 Å². The molecule has 0 aliphatic carbocycles. The van der Waals surface area contributed by atoms with Gasteiger partial charge in [-0.15, -0.1) is 0 Å². The predicted molar refractivity (Wildman–Crippen MR) is 78.5 cm³/mol. The molecule has 0 spiro atoms. The first-order valence-electron chi connectivity index (χ1n) is 7.29. The number of hydrogen-bond donors (Lipinski definition) is 0. The Morgan fingerprint density at radius 2 is 2.14 bits per heavy atom. The third-order valence-electron chi connectivity index (χ3n) is 3.31. The summed E-state index contributed by atoms with van der Waals surface area (Å²) in [6.45, 7) is 6.11. The van der Waals surface area contributed by atoms with E-state index in [2.05, 4.69) is 4.98 Å². The van der Waals surface area contributed by atoms with Crippen LogP contribution in [0.4, 0.5) is 0 Å². The van der Waals surface area contributed by atoms with Crippen molar-refractivity contribution in [1.29, 1.82) is 0 Å². The van der Waals surface area contributed by atoms with E-state index in [1.54, 1.807) is 11.1 Å². The third kappa shape index (κ3) is 4.28. The number of carbonyl (C=O) groups excluding carboxylic acids is 2. The minimum Gasteiger partial charge on any atom is -0.458 e. The van der Waals surface area contributed by atoms with Crippen LogP contribution in [0.3, 0.4) is 0 Å². The lowest BCUT2D eigenvalue weighted by Gasteiger charge is -2.27. The van der Waals surface area contributed by atoms with E-state index in [1.165, 1.54) is 0 Å². The highest BCUT2D eigenvalue weighted by Gasteiger charge is 2.36. The number of aromatic nitrogens is 1. The van der Waals surface area contributed by atoms with Gasteiger partial charge in [0.05, 0.1) is 6.42 Å². The molecule has 2 rings (SSSR count). The molecule has 1 aliphatic heterocycles. The first kappa shape index (κ1) is 15.5. The Morgan fingerprint density at radius 1 is 1.38 bits per heavy atom. The largest absolute Gasteiger partial charge is 0.458 e. The highest BCUT2D eigenvalue weighted by molar-refractivity contribution is 5.86. The summed E-state index contributed by atoms with van der Waals surface area (Å²) in [7, 11) is 0. The van der Waals surface area contributed by atoms with Gasteiger partial charge in [-0.3, -0.25) is 9.78 Å². The van der Waals surface area contributed by atoms with Crippen LogP contribution in [0.25, 0.3) is 0 Å². The molecule has 0 bridgehead atoms. The molecular formula is C16H22N2O3. The van der Waals surface area contributed by atoms with Crippen molar-refractivity contribution >= 4 is 11.9 Å². The summed E-state index contributed by atoms with van der Waals surface area (Å²) in [4.78, 5) is 30.4. The molecular weight excluding hydrogens is 268 g/mol. The first-order valence-corrected chi connectivity index (χ1v) is 7.29. The molecule has 1 fully saturated rings. The molecule has 1 aromatic rings. The summed E-state index contributed by atoms with van der Waals surface area (Å²) in [5.41, 5.74) is 0.187. The average Bonchev–Trinajstić information content (AvgIpc) is 2.87. The van der Waals surface area contributed by atoms with E-state index < -0.39 is 11.6 Å². The SMILES string of the molecule is CC(C)(C)OC(=O)[C@H]1CCCN1C(=O)Cc1ccccn1. The van der Waals surface area contributed by atoms with E-state index >= 15 is 0 Å². The molecule has 5 heteroatoms. The summed E-state index contributed by atoms with van der Waals surface area (Å²) < 4.78 is 5.40. The number of likely N-dealkylation sites (tertiary alicyclic amines) is 1. The normalized spacial score (nSPS) is 18.6. The zero-order valence-electron chi connectivity index (χ0n) is 12.8. The van der Waals surface area contributed by atoms with Gasteiger partial charge in [-0.2, -0.15) is 0 Å². The molecule has 114 valence electrons. The number of hydrogen-bond acceptors (Lipinski definition) is 4. The number of rotatable bonds is 3. The lowest BCUT2D eigenvalue weighted by atomic mass is 10.1. The molecule has 1 saturated heterocycles. The third-order valence-corrected chi connectivity index (χ3v) is 3.31. The van der Waals surface area contributed by atoms with Crippen molar-refractivity contribution in [3.8, 4) is 0 Å². The lowest BCUT2D eigenvalue weighted by Crippen LogP contribution is -2.44. The van der Waals surface area contributed by atoms with Gasteiger partial charge in [0.25, 0.3) is 0 Å². The zero-order chi connectivity index (χ0) is 15.5. The quantitative estimate of drug-likeness (QED) is 0.798. The van der Waals surface area contributed by atoms with Crippen molar-refractivity contribution in [2.24, 2.45) is 0 Å². The number of ether oxygens (including phenoxy) is 1.